The van der Waals surface area contributed by atoms with Crippen LogP contribution in [0.5, 0.6) is 5.75 Å². The SMILES string of the molecule is CC(C)Cc1c(Cc2nn(-c3ccc(-c4cn[nH]c4)cc3)ccc2=O)cccc1OC(N)=O. The van der Waals surface area contributed by atoms with Crippen molar-refractivity contribution in [3.8, 4) is 22.6 Å². The van der Waals surface area contributed by atoms with E-state index in [1.807, 2.05) is 36.5 Å². The summed E-state index contributed by atoms with van der Waals surface area (Å²) >= 11 is 0. The largest absolute Gasteiger partial charge is 0.410 e. The first-order valence-corrected chi connectivity index (χ1v) is 10.7. The third kappa shape index (κ3) is 5.17. The molecule has 8 nitrogen and oxygen atoms in total. The minimum absolute atomic E-state index is 0.155. The van der Waals surface area contributed by atoms with Crippen molar-refractivity contribution in [1.82, 2.24) is 20.0 Å². The van der Waals surface area contributed by atoms with Crippen LogP contribution in [0.1, 0.15) is 30.7 Å². The summed E-state index contributed by atoms with van der Waals surface area (Å²) in [5.74, 6) is 0.732. The number of rotatable bonds is 7. The van der Waals surface area contributed by atoms with Crippen LogP contribution in [-0.4, -0.2) is 26.1 Å². The van der Waals surface area contributed by atoms with Crippen molar-refractivity contribution in [3.05, 3.63) is 94.2 Å². The molecular formula is C25H25N5O3. The molecule has 168 valence electrons. The quantitative estimate of drug-likeness (QED) is 0.450. The Morgan fingerprint density at radius 2 is 1.91 bits per heavy atom. The molecule has 0 radical (unpaired) electrons. The highest BCUT2D eigenvalue weighted by atomic mass is 16.5. The molecule has 0 aliphatic heterocycles. The fourth-order valence-corrected chi connectivity index (χ4v) is 3.73. The highest BCUT2D eigenvalue weighted by Gasteiger charge is 2.16. The van der Waals surface area contributed by atoms with Crippen LogP contribution in [0.2, 0.25) is 0 Å². The van der Waals surface area contributed by atoms with E-state index in [-0.39, 0.29) is 5.43 Å². The zero-order chi connectivity index (χ0) is 23.4. The summed E-state index contributed by atoms with van der Waals surface area (Å²) in [4.78, 5) is 24.0. The molecule has 0 aliphatic rings. The lowest BCUT2D eigenvalue weighted by atomic mass is 9.94. The number of ether oxygens (including phenoxy) is 1. The van der Waals surface area contributed by atoms with E-state index in [0.717, 1.165) is 27.9 Å². The lowest BCUT2D eigenvalue weighted by molar-refractivity contribution is 0.210. The molecule has 0 aliphatic carbocycles. The highest BCUT2D eigenvalue weighted by Crippen LogP contribution is 2.27. The van der Waals surface area contributed by atoms with Gasteiger partial charge in [-0.15, -0.1) is 0 Å². The van der Waals surface area contributed by atoms with Crippen molar-refractivity contribution in [3.63, 3.8) is 0 Å². The van der Waals surface area contributed by atoms with Gasteiger partial charge in [0.15, 0.2) is 0 Å². The van der Waals surface area contributed by atoms with E-state index >= 15 is 0 Å². The molecule has 8 heteroatoms. The zero-order valence-corrected chi connectivity index (χ0v) is 18.5. The lowest BCUT2D eigenvalue weighted by Crippen LogP contribution is -2.19. The number of hydrogen-bond acceptors (Lipinski definition) is 5. The maximum atomic E-state index is 12.6. The van der Waals surface area contributed by atoms with E-state index in [9.17, 15) is 9.59 Å². The summed E-state index contributed by atoms with van der Waals surface area (Å²) in [5, 5.41) is 11.4. The molecule has 2 aromatic carbocycles. The number of aromatic nitrogens is 4. The van der Waals surface area contributed by atoms with Crippen LogP contribution in [0, 0.1) is 5.92 Å². The van der Waals surface area contributed by atoms with Crippen molar-refractivity contribution < 1.29 is 9.53 Å². The van der Waals surface area contributed by atoms with Gasteiger partial charge in [-0.3, -0.25) is 9.89 Å². The number of hydrogen-bond donors (Lipinski definition) is 2. The maximum absolute atomic E-state index is 12.6. The van der Waals surface area contributed by atoms with Gasteiger partial charge in [-0.25, -0.2) is 9.48 Å². The predicted molar refractivity (Wildman–Crippen MR) is 125 cm³/mol. The van der Waals surface area contributed by atoms with Gasteiger partial charge in [-0.2, -0.15) is 10.2 Å². The smallest absolute Gasteiger partial charge is 0.409 e. The van der Waals surface area contributed by atoms with Crippen molar-refractivity contribution in [1.29, 1.82) is 0 Å². The minimum Gasteiger partial charge on any atom is -0.410 e. The molecule has 0 bridgehead atoms. The van der Waals surface area contributed by atoms with Gasteiger partial charge in [0.25, 0.3) is 0 Å². The summed E-state index contributed by atoms with van der Waals surface area (Å²) in [6.45, 7) is 4.15. The number of amides is 1. The molecule has 0 saturated heterocycles. The molecular weight excluding hydrogens is 418 g/mol. The standard InChI is InChI=1S/C25H25N5O3/c1-16(2)12-21-18(4-3-5-24(21)33-25(26)32)13-22-23(31)10-11-30(29-22)20-8-6-17(7-9-20)19-14-27-28-15-19/h3-11,14-16H,12-13H2,1-2H3,(H2,26,32)(H,27,28). The first kappa shape index (κ1) is 22.0. The second-order valence-electron chi connectivity index (χ2n) is 8.19. The molecule has 0 fully saturated rings. The Hall–Kier alpha value is -4.20. The normalized spacial score (nSPS) is 11.0. The second kappa shape index (κ2) is 9.52. The summed E-state index contributed by atoms with van der Waals surface area (Å²) in [7, 11) is 0. The van der Waals surface area contributed by atoms with Crippen molar-refractivity contribution in [2.45, 2.75) is 26.7 Å². The first-order valence-electron chi connectivity index (χ1n) is 10.7. The molecule has 2 aromatic heterocycles. The van der Waals surface area contributed by atoms with Gasteiger partial charge in [0.1, 0.15) is 11.4 Å². The van der Waals surface area contributed by atoms with Crippen LogP contribution >= 0.6 is 0 Å². The van der Waals surface area contributed by atoms with E-state index in [4.69, 9.17) is 10.5 Å². The number of nitrogens with zero attached hydrogens (tertiary/aromatic N) is 3. The number of nitrogens with one attached hydrogen (secondary N) is 1. The predicted octanol–water partition coefficient (Wildman–Crippen LogP) is 3.87. The number of primary amides is 1. The van der Waals surface area contributed by atoms with Crippen LogP contribution in [0.25, 0.3) is 16.8 Å². The monoisotopic (exact) mass is 443 g/mol. The number of H-pyrrole nitrogens is 1. The van der Waals surface area contributed by atoms with Crippen LogP contribution in [-0.2, 0) is 12.8 Å². The van der Waals surface area contributed by atoms with Crippen LogP contribution in [0.4, 0.5) is 4.79 Å². The van der Waals surface area contributed by atoms with Crippen molar-refractivity contribution >= 4 is 6.09 Å². The van der Waals surface area contributed by atoms with Crippen molar-refractivity contribution in [2.24, 2.45) is 11.7 Å². The van der Waals surface area contributed by atoms with Gasteiger partial charge in [0.2, 0.25) is 5.43 Å². The van der Waals surface area contributed by atoms with Crippen molar-refractivity contribution in [2.75, 3.05) is 0 Å². The average Bonchev–Trinajstić information content (AvgIpc) is 3.32. The van der Waals surface area contributed by atoms with E-state index < -0.39 is 6.09 Å². The Bertz CT molecular complexity index is 1310. The van der Waals surface area contributed by atoms with E-state index in [0.29, 0.717) is 30.2 Å². The third-order valence-electron chi connectivity index (χ3n) is 5.25. The van der Waals surface area contributed by atoms with Gasteiger partial charge in [-0.05, 0) is 47.2 Å². The number of nitrogens with two attached hydrogens (primary N) is 1. The highest BCUT2D eigenvalue weighted by molar-refractivity contribution is 5.69. The fourth-order valence-electron chi connectivity index (χ4n) is 3.73. The van der Waals surface area contributed by atoms with E-state index in [1.54, 1.807) is 29.2 Å². The average molecular weight is 444 g/mol. The first-order chi connectivity index (χ1) is 15.9. The summed E-state index contributed by atoms with van der Waals surface area (Å²) in [6, 6.07) is 14.8. The second-order valence-corrected chi connectivity index (χ2v) is 8.19. The minimum atomic E-state index is -0.865. The topological polar surface area (TPSA) is 116 Å². The Morgan fingerprint density at radius 1 is 1.12 bits per heavy atom. The Labute approximate surface area is 191 Å². The van der Waals surface area contributed by atoms with Crippen LogP contribution in [0.15, 0.2) is 71.9 Å². The number of carbonyl (C=O) groups is 1. The molecule has 4 rings (SSSR count). The number of carbonyl (C=O) groups excluding carboxylic acids is 1. The number of aromatic amines is 1. The van der Waals surface area contributed by atoms with Gasteiger partial charge >= 0.3 is 6.09 Å². The molecule has 2 heterocycles. The summed E-state index contributed by atoms with van der Waals surface area (Å²) in [5.41, 5.74) is 10.1. The third-order valence-corrected chi connectivity index (χ3v) is 5.25. The molecule has 0 saturated carbocycles. The summed E-state index contributed by atoms with van der Waals surface area (Å²) < 4.78 is 6.90. The Balaban J connectivity index is 1.66. The van der Waals surface area contributed by atoms with E-state index in [2.05, 4.69) is 29.1 Å². The van der Waals surface area contributed by atoms with E-state index in [1.165, 1.54) is 6.07 Å². The van der Waals surface area contributed by atoms with Crippen LogP contribution in [0.3, 0.4) is 0 Å². The lowest BCUT2D eigenvalue weighted by Gasteiger charge is -2.16. The molecule has 0 spiro atoms. The fraction of sp³-hybridized carbons (Fsp3) is 0.200. The maximum Gasteiger partial charge on any atom is 0.409 e. The molecule has 3 N–H and O–H groups in total. The molecule has 33 heavy (non-hydrogen) atoms. The number of benzene rings is 2. The molecule has 1 amide bonds. The van der Waals surface area contributed by atoms with Gasteiger partial charge < -0.3 is 10.5 Å². The molecule has 0 atom stereocenters. The molecule has 4 aromatic rings. The van der Waals surface area contributed by atoms with Gasteiger partial charge in [0.05, 0.1) is 11.9 Å². The zero-order valence-electron chi connectivity index (χ0n) is 18.5. The molecule has 0 unspecified atom stereocenters. The van der Waals surface area contributed by atoms with Crippen LogP contribution < -0.4 is 15.9 Å². The van der Waals surface area contributed by atoms with Gasteiger partial charge in [-0.1, -0.05) is 38.1 Å². The Kier molecular flexibility index (Phi) is 6.35. The Morgan fingerprint density at radius 3 is 2.58 bits per heavy atom. The van der Waals surface area contributed by atoms with Gasteiger partial charge in [0, 0.05) is 30.4 Å². The summed E-state index contributed by atoms with van der Waals surface area (Å²) in [6.07, 6.45) is 5.36.